The van der Waals surface area contributed by atoms with Crippen molar-refractivity contribution in [3.63, 3.8) is 0 Å². The lowest BCUT2D eigenvalue weighted by atomic mass is 10.2. The molecule has 31 heavy (non-hydrogen) atoms. The second kappa shape index (κ2) is 10.1. The van der Waals surface area contributed by atoms with Crippen LogP contribution in [0.5, 0.6) is 11.5 Å². The number of rotatable bonds is 9. The van der Waals surface area contributed by atoms with Gasteiger partial charge >= 0.3 is 5.97 Å². The van der Waals surface area contributed by atoms with Gasteiger partial charge in [-0.25, -0.2) is 13.6 Å². The van der Waals surface area contributed by atoms with E-state index in [2.05, 4.69) is 20.0 Å². The van der Waals surface area contributed by atoms with Gasteiger partial charge in [-0.05, 0) is 30.5 Å². The highest BCUT2D eigenvalue weighted by Gasteiger charge is 2.20. The highest BCUT2D eigenvalue weighted by molar-refractivity contribution is 7.98. The number of ether oxygens (including phenoxy) is 3. The summed E-state index contributed by atoms with van der Waals surface area (Å²) < 4.78 is 48.5. The Morgan fingerprint density at radius 3 is 2.77 bits per heavy atom. The Labute approximate surface area is 180 Å². The third kappa shape index (κ3) is 5.02. The number of carbonyl (C=O) groups excluding carboxylic acids is 1. The van der Waals surface area contributed by atoms with Crippen molar-refractivity contribution in [1.29, 1.82) is 0 Å². The maximum absolute atomic E-state index is 13.2. The monoisotopic (exact) mass is 452 g/mol. The van der Waals surface area contributed by atoms with E-state index in [4.69, 9.17) is 13.9 Å². The quantitative estimate of drug-likeness (QED) is 0.275. The summed E-state index contributed by atoms with van der Waals surface area (Å²) in [4.78, 5) is 11.5. The first-order chi connectivity index (χ1) is 15.0. The van der Waals surface area contributed by atoms with Crippen molar-refractivity contribution >= 4 is 23.9 Å². The number of nitrogens with zero attached hydrogens (tertiary/aromatic N) is 4. The molecule has 0 atom stereocenters. The fourth-order valence-corrected chi connectivity index (χ4v) is 2.96. The minimum atomic E-state index is -2.84. The largest absolute Gasteiger partial charge is 0.493 e. The van der Waals surface area contributed by atoms with Gasteiger partial charge in [0.1, 0.15) is 12.4 Å². The molecule has 3 rings (SSSR count). The van der Waals surface area contributed by atoms with Crippen LogP contribution in [0.25, 0.3) is 0 Å². The number of furan rings is 1. The summed E-state index contributed by atoms with van der Waals surface area (Å²) in [7, 11) is 2.71. The van der Waals surface area contributed by atoms with Gasteiger partial charge in [0.05, 0.1) is 20.4 Å². The lowest BCUT2D eigenvalue weighted by Gasteiger charge is -2.12. The number of aromatic nitrogens is 3. The lowest BCUT2D eigenvalue weighted by molar-refractivity contribution is 0.0561. The molecule has 0 amide bonds. The van der Waals surface area contributed by atoms with Crippen molar-refractivity contribution in [2.45, 2.75) is 18.2 Å². The van der Waals surface area contributed by atoms with Crippen LogP contribution in [0.15, 0.2) is 45.0 Å². The maximum atomic E-state index is 13.2. The standard InChI is InChI=1S/C19H18F2N4O5S/c1-27-13-6-4-5-11(9-22-25-17(16(20)21)23-24-19(25)31-3)15(13)29-10-12-7-8-14(30-12)18(26)28-2/h4-9,16H,10H2,1-3H3. The molecule has 12 heteroatoms. The third-order valence-corrected chi connectivity index (χ3v) is 4.58. The fraction of sp³-hybridized carbons (Fsp3) is 0.263. The minimum Gasteiger partial charge on any atom is -0.493 e. The predicted octanol–water partition coefficient (Wildman–Crippen LogP) is 3.79. The van der Waals surface area contributed by atoms with E-state index in [-0.39, 0.29) is 17.5 Å². The van der Waals surface area contributed by atoms with Crippen LogP contribution < -0.4 is 9.47 Å². The number of hydrogen-bond acceptors (Lipinski definition) is 9. The van der Waals surface area contributed by atoms with Gasteiger partial charge in [-0.2, -0.15) is 9.78 Å². The molecule has 164 valence electrons. The number of esters is 1. The van der Waals surface area contributed by atoms with Crippen molar-refractivity contribution in [3.05, 3.63) is 53.2 Å². The molecule has 1 aromatic carbocycles. The van der Waals surface area contributed by atoms with Crippen LogP contribution in [-0.4, -0.2) is 47.5 Å². The first-order valence-electron chi connectivity index (χ1n) is 8.77. The summed E-state index contributed by atoms with van der Waals surface area (Å²) in [5, 5.41) is 11.5. The Morgan fingerprint density at radius 2 is 2.10 bits per heavy atom. The molecule has 3 aromatic rings. The van der Waals surface area contributed by atoms with E-state index in [0.717, 1.165) is 16.4 Å². The number of hydrogen-bond donors (Lipinski definition) is 0. The summed E-state index contributed by atoms with van der Waals surface area (Å²) in [6.07, 6.45) is 0.182. The summed E-state index contributed by atoms with van der Waals surface area (Å²) in [6, 6.07) is 8.09. The van der Waals surface area contributed by atoms with Gasteiger partial charge in [-0.3, -0.25) is 0 Å². The maximum Gasteiger partial charge on any atom is 0.373 e. The molecule has 0 radical (unpaired) electrons. The molecule has 9 nitrogen and oxygen atoms in total. The SMILES string of the molecule is COC(=O)c1ccc(COc2c(C=Nn3c(SC)nnc3C(F)F)cccc2OC)o1. The van der Waals surface area contributed by atoms with Crippen LogP contribution >= 0.6 is 11.8 Å². The van der Waals surface area contributed by atoms with Gasteiger partial charge in [0.2, 0.25) is 16.7 Å². The molecule has 2 aromatic heterocycles. The molecule has 0 aliphatic heterocycles. The highest BCUT2D eigenvalue weighted by Crippen LogP contribution is 2.31. The first kappa shape index (κ1) is 22.3. The van der Waals surface area contributed by atoms with Crippen molar-refractivity contribution in [1.82, 2.24) is 14.9 Å². The van der Waals surface area contributed by atoms with Crippen LogP contribution in [0.3, 0.4) is 0 Å². The average Bonchev–Trinajstić information content (AvgIpc) is 3.42. The fourth-order valence-electron chi connectivity index (χ4n) is 2.53. The summed E-state index contributed by atoms with van der Waals surface area (Å²) >= 11 is 1.13. The topological polar surface area (TPSA) is 101 Å². The Bertz CT molecular complexity index is 1080. The van der Waals surface area contributed by atoms with E-state index in [1.807, 2.05) is 0 Å². The van der Waals surface area contributed by atoms with Gasteiger partial charge in [0, 0.05) is 5.56 Å². The predicted molar refractivity (Wildman–Crippen MR) is 107 cm³/mol. The second-order valence-electron chi connectivity index (χ2n) is 5.83. The minimum absolute atomic E-state index is 0.0246. The molecule has 0 saturated heterocycles. The van der Waals surface area contributed by atoms with Crippen molar-refractivity contribution in [2.75, 3.05) is 20.5 Å². The molecule has 0 aliphatic rings. The number of halogens is 2. The first-order valence-corrected chi connectivity index (χ1v) is 9.99. The molecular weight excluding hydrogens is 434 g/mol. The van der Waals surface area contributed by atoms with Gasteiger partial charge in [0.25, 0.3) is 6.43 Å². The number of para-hydroxylation sites is 1. The number of thioether (sulfide) groups is 1. The molecule has 0 unspecified atom stereocenters. The Kier molecular flexibility index (Phi) is 7.23. The van der Waals surface area contributed by atoms with E-state index in [1.54, 1.807) is 30.5 Å². The van der Waals surface area contributed by atoms with Gasteiger partial charge in [-0.1, -0.05) is 17.8 Å². The highest BCUT2D eigenvalue weighted by atomic mass is 32.2. The smallest absolute Gasteiger partial charge is 0.373 e. The number of methoxy groups -OCH3 is 2. The van der Waals surface area contributed by atoms with Crippen LogP contribution in [0.4, 0.5) is 8.78 Å². The van der Waals surface area contributed by atoms with Crippen molar-refractivity contribution in [3.8, 4) is 11.5 Å². The summed E-state index contributed by atoms with van der Waals surface area (Å²) in [5.41, 5.74) is 0.458. The number of alkyl halides is 2. The Balaban J connectivity index is 1.88. The van der Waals surface area contributed by atoms with E-state index >= 15 is 0 Å². The molecule has 0 bridgehead atoms. The van der Waals surface area contributed by atoms with Crippen LogP contribution in [0.1, 0.15) is 34.1 Å². The molecule has 0 fully saturated rings. The van der Waals surface area contributed by atoms with Gasteiger partial charge in [-0.15, -0.1) is 10.2 Å². The third-order valence-electron chi connectivity index (χ3n) is 3.96. The van der Waals surface area contributed by atoms with Crippen LogP contribution in [0, 0.1) is 0 Å². The zero-order chi connectivity index (χ0) is 22.4. The Morgan fingerprint density at radius 1 is 1.29 bits per heavy atom. The van der Waals surface area contributed by atoms with Crippen molar-refractivity contribution in [2.24, 2.45) is 5.10 Å². The number of carbonyl (C=O) groups is 1. The molecule has 0 spiro atoms. The average molecular weight is 452 g/mol. The molecule has 0 aliphatic carbocycles. The van der Waals surface area contributed by atoms with E-state index in [0.29, 0.717) is 22.8 Å². The lowest BCUT2D eigenvalue weighted by Crippen LogP contribution is -2.03. The van der Waals surface area contributed by atoms with Gasteiger partial charge < -0.3 is 18.6 Å². The van der Waals surface area contributed by atoms with Gasteiger partial charge in [0.15, 0.2) is 11.5 Å². The van der Waals surface area contributed by atoms with Crippen molar-refractivity contribution < 1.29 is 32.2 Å². The van der Waals surface area contributed by atoms with E-state index < -0.39 is 18.2 Å². The zero-order valence-corrected chi connectivity index (χ0v) is 17.6. The Hall–Kier alpha value is -3.41. The normalized spacial score (nSPS) is 11.3. The van der Waals surface area contributed by atoms with E-state index in [1.165, 1.54) is 26.5 Å². The molecule has 0 saturated carbocycles. The molecule has 2 heterocycles. The summed E-state index contributed by atoms with van der Waals surface area (Å²) in [5.74, 6) is -0.0623. The number of benzene rings is 1. The molecule has 0 N–H and O–H groups in total. The van der Waals surface area contributed by atoms with E-state index in [9.17, 15) is 13.6 Å². The van der Waals surface area contributed by atoms with Crippen LogP contribution in [0.2, 0.25) is 0 Å². The molecular formula is C19H18F2N4O5S. The van der Waals surface area contributed by atoms with Crippen LogP contribution in [-0.2, 0) is 11.3 Å². The second-order valence-corrected chi connectivity index (χ2v) is 6.60. The summed E-state index contributed by atoms with van der Waals surface area (Å²) in [6.45, 7) is -0.0246. The zero-order valence-electron chi connectivity index (χ0n) is 16.7.